The van der Waals surface area contributed by atoms with Gasteiger partial charge in [-0.25, -0.2) is 0 Å². The van der Waals surface area contributed by atoms with Crippen LogP contribution < -0.4 is 0 Å². The van der Waals surface area contributed by atoms with E-state index in [0.29, 0.717) is 0 Å². The molecule has 0 bridgehead atoms. The van der Waals surface area contributed by atoms with Crippen molar-refractivity contribution in [2.75, 3.05) is 0 Å². The molecule has 0 radical (unpaired) electrons. The highest BCUT2D eigenvalue weighted by Crippen LogP contribution is 1.97. The highest BCUT2D eigenvalue weighted by Gasteiger charge is 2.02. The fourth-order valence-corrected chi connectivity index (χ4v) is 0.315. The third-order valence-electron chi connectivity index (χ3n) is 0.924. The van der Waals surface area contributed by atoms with Gasteiger partial charge in [0.2, 0.25) is 0 Å². The van der Waals surface area contributed by atoms with Gasteiger partial charge in [-0.05, 0) is 12.8 Å². The Bertz CT molecular complexity index is 105. The van der Waals surface area contributed by atoms with Crippen molar-refractivity contribution in [3.8, 4) is 11.8 Å². The molecular formula is C7H12O. The summed E-state index contributed by atoms with van der Waals surface area (Å²) in [4.78, 5) is 0. The van der Waals surface area contributed by atoms with Crippen molar-refractivity contribution in [1.82, 2.24) is 0 Å². The molecule has 0 aliphatic carbocycles. The van der Waals surface area contributed by atoms with Gasteiger partial charge in [0, 0.05) is 0 Å². The van der Waals surface area contributed by atoms with Crippen LogP contribution in [0.25, 0.3) is 0 Å². The first kappa shape index (κ1) is 7.52. The standard InChI is InChI=1S/C7H12O/c1-4-5-7(8)6(2)3/h6-8H,1-3H3/t7-/m1/s1. The average molecular weight is 112 g/mol. The van der Waals surface area contributed by atoms with E-state index in [2.05, 4.69) is 11.8 Å². The van der Waals surface area contributed by atoms with Crippen LogP contribution in [0.2, 0.25) is 0 Å². The summed E-state index contributed by atoms with van der Waals surface area (Å²) < 4.78 is 0. The molecule has 1 nitrogen and oxygen atoms in total. The molecule has 1 atom stereocenters. The van der Waals surface area contributed by atoms with Crippen LogP contribution in [0.5, 0.6) is 0 Å². The summed E-state index contributed by atoms with van der Waals surface area (Å²) in [5.74, 6) is 5.55. The lowest BCUT2D eigenvalue weighted by Crippen LogP contribution is -2.10. The quantitative estimate of drug-likeness (QED) is 0.502. The summed E-state index contributed by atoms with van der Waals surface area (Å²) in [5.41, 5.74) is 0. The van der Waals surface area contributed by atoms with E-state index in [0.717, 1.165) is 0 Å². The normalized spacial score (nSPS) is 12.6. The van der Waals surface area contributed by atoms with Crippen LogP contribution in [0.4, 0.5) is 0 Å². The zero-order valence-electron chi connectivity index (χ0n) is 5.60. The van der Waals surface area contributed by atoms with Gasteiger partial charge < -0.3 is 5.11 Å². The summed E-state index contributed by atoms with van der Waals surface area (Å²) in [5, 5.41) is 8.95. The van der Waals surface area contributed by atoms with Gasteiger partial charge >= 0.3 is 0 Å². The van der Waals surface area contributed by atoms with Crippen molar-refractivity contribution in [1.29, 1.82) is 0 Å². The van der Waals surface area contributed by atoms with E-state index >= 15 is 0 Å². The number of hydrogen-bond acceptors (Lipinski definition) is 1. The van der Waals surface area contributed by atoms with E-state index in [9.17, 15) is 0 Å². The Labute approximate surface area is 50.7 Å². The molecule has 0 unspecified atom stereocenters. The van der Waals surface area contributed by atoms with Gasteiger partial charge in [-0.3, -0.25) is 0 Å². The van der Waals surface area contributed by atoms with Crippen LogP contribution in [0, 0.1) is 17.8 Å². The molecule has 0 aromatic rings. The summed E-state index contributed by atoms with van der Waals surface area (Å²) >= 11 is 0. The second-order valence-electron chi connectivity index (χ2n) is 2.08. The highest BCUT2D eigenvalue weighted by molar-refractivity contribution is 5.02. The first-order chi connectivity index (χ1) is 3.68. The number of aliphatic hydroxyl groups is 1. The zero-order valence-corrected chi connectivity index (χ0v) is 5.60. The molecule has 8 heavy (non-hydrogen) atoms. The molecule has 0 aromatic heterocycles. The van der Waals surface area contributed by atoms with Crippen LogP contribution in [-0.4, -0.2) is 11.2 Å². The van der Waals surface area contributed by atoms with Gasteiger partial charge in [0.1, 0.15) is 6.10 Å². The van der Waals surface area contributed by atoms with Crippen molar-refractivity contribution >= 4 is 0 Å². The van der Waals surface area contributed by atoms with Crippen LogP contribution in [0.1, 0.15) is 20.8 Å². The largest absolute Gasteiger partial charge is 0.380 e. The molecule has 0 amide bonds. The molecule has 0 aromatic carbocycles. The Morgan fingerprint density at radius 2 is 1.88 bits per heavy atom. The summed E-state index contributed by atoms with van der Waals surface area (Å²) in [6.45, 7) is 5.61. The zero-order chi connectivity index (χ0) is 6.57. The Balaban J connectivity index is 3.58. The van der Waals surface area contributed by atoms with Crippen molar-refractivity contribution in [2.45, 2.75) is 26.9 Å². The Kier molecular flexibility index (Phi) is 3.30. The third kappa shape index (κ3) is 2.65. The molecule has 0 rings (SSSR count). The van der Waals surface area contributed by atoms with Crippen LogP contribution in [-0.2, 0) is 0 Å². The molecule has 0 aliphatic rings. The first-order valence-electron chi connectivity index (χ1n) is 2.78. The van der Waals surface area contributed by atoms with E-state index in [1.807, 2.05) is 13.8 Å². The van der Waals surface area contributed by atoms with Crippen molar-refractivity contribution < 1.29 is 5.11 Å². The predicted molar refractivity (Wildman–Crippen MR) is 34.3 cm³/mol. The van der Waals surface area contributed by atoms with Gasteiger partial charge in [0.15, 0.2) is 0 Å². The molecule has 0 heterocycles. The summed E-state index contributed by atoms with van der Waals surface area (Å²) in [6.07, 6.45) is -0.444. The summed E-state index contributed by atoms with van der Waals surface area (Å²) in [7, 11) is 0. The molecule has 0 aliphatic heterocycles. The molecule has 0 saturated carbocycles. The monoisotopic (exact) mass is 112 g/mol. The minimum absolute atomic E-state index is 0.252. The van der Waals surface area contributed by atoms with E-state index in [-0.39, 0.29) is 5.92 Å². The van der Waals surface area contributed by atoms with Gasteiger partial charge in [-0.15, -0.1) is 5.92 Å². The maximum absolute atomic E-state index is 8.95. The molecular weight excluding hydrogens is 100 g/mol. The summed E-state index contributed by atoms with van der Waals surface area (Å²) in [6, 6.07) is 0. The molecule has 0 fully saturated rings. The average Bonchev–Trinajstić information content (AvgIpc) is 1.67. The lowest BCUT2D eigenvalue weighted by molar-refractivity contribution is 0.181. The minimum Gasteiger partial charge on any atom is -0.380 e. The van der Waals surface area contributed by atoms with E-state index in [1.165, 1.54) is 0 Å². The number of aliphatic hydroxyl groups excluding tert-OH is 1. The smallest absolute Gasteiger partial charge is 0.117 e. The first-order valence-corrected chi connectivity index (χ1v) is 2.78. The molecule has 1 heteroatoms. The van der Waals surface area contributed by atoms with Gasteiger partial charge in [0.25, 0.3) is 0 Å². The highest BCUT2D eigenvalue weighted by atomic mass is 16.3. The Morgan fingerprint density at radius 1 is 1.38 bits per heavy atom. The Hall–Kier alpha value is -0.480. The second kappa shape index (κ2) is 3.51. The predicted octanol–water partition coefficient (Wildman–Crippen LogP) is 1.03. The maximum Gasteiger partial charge on any atom is 0.117 e. The fourth-order valence-electron chi connectivity index (χ4n) is 0.315. The Morgan fingerprint density at radius 3 is 2.00 bits per heavy atom. The van der Waals surface area contributed by atoms with E-state index in [1.54, 1.807) is 6.92 Å². The second-order valence-corrected chi connectivity index (χ2v) is 2.08. The topological polar surface area (TPSA) is 20.2 Å². The molecule has 46 valence electrons. The van der Waals surface area contributed by atoms with Crippen molar-refractivity contribution in [3.63, 3.8) is 0 Å². The van der Waals surface area contributed by atoms with E-state index < -0.39 is 6.10 Å². The molecule has 0 spiro atoms. The fraction of sp³-hybridized carbons (Fsp3) is 0.714. The maximum atomic E-state index is 8.95. The number of rotatable bonds is 1. The van der Waals surface area contributed by atoms with Crippen LogP contribution in [0.15, 0.2) is 0 Å². The van der Waals surface area contributed by atoms with Crippen LogP contribution >= 0.6 is 0 Å². The minimum atomic E-state index is -0.444. The van der Waals surface area contributed by atoms with Crippen molar-refractivity contribution in [2.24, 2.45) is 5.92 Å². The molecule has 0 saturated heterocycles. The van der Waals surface area contributed by atoms with Gasteiger partial charge in [-0.1, -0.05) is 19.8 Å². The lowest BCUT2D eigenvalue weighted by Gasteiger charge is -2.04. The lowest BCUT2D eigenvalue weighted by atomic mass is 10.1. The SMILES string of the molecule is CC#C[C@@H](O)C(C)C. The van der Waals surface area contributed by atoms with Gasteiger partial charge in [0.05, 0.1) is 0 Å². The van der Waals surface area contributed by atoms with E-state index in [4.69, 9.17) is 5.11 Å². The van der Waals surface area contributed by atoms with Gasteiger partial charge in [-0.2, -0.15) is 0 Å². The van der Waals surface area contributed by atoms with Crippen molar-refractivity contribution in [3.05, 3.63) is 0 Å². The molecule has 1 N–H and O–H groups in total. The number of hydrogen-bond donors (Lipinski definition) is 1. The van der Waals surface area contributed by atoms with Crippen LogP contribution in [0.3, 0.4) is 0 Å². The third-order valence-corrected chi connectivity index (χ3v) is 0.924.